The van der Waals surface area contributed by atoms with E-state index in [0.29, 0.717) is 11.1 Å². The number of hydrogen-bond donors (Lipinski definition) is 1. The third kappa shape index (κ3) is 4.19. The number of hydrogen-bond acceptors (Lipinski definition) is 2. The van der Waals surface area contributed by atoms with Crippen molar-refractivity contribution in [3.63, 3.8) is 0 Å². The number of halogens is 2. The second-order valence-electron chi connectivity index (χ2n) is 5.36. The van der Waals surface area contributed by atoms with E-state index in [4.69, 9.17) is 11.6 Å². The van der Waals surface area contributed by atoms with Gasteiger partial charge in [-0.25, -0.2) is 4.39 Å². The van der Waals surface area contributed by atoms with Gasteiger partial charge in [-0.05, 0) is 42.0 Å². The maximum atomic E-state index is 13.0. The van der Waals surface area contributed by atoms with Gasteiger partial charge in [0, 0.05) is 25.3 Å². The molecule has 0 fully saturated rings. The van der Waals surface area contributed by atoms with Crippen LogP contribution >= 0.6 is 11.6 Å². The monoisotopic (exact) mass is 306 g/mol. The van der Waals surface area contributed by atoms with E-state index in [2.05, 4.69) is 25.2 Å². The zero-order valence-electron chi connectivity index (χ0n) is 12.5. The normalized spacial score (nSPS) is 11.0. The van der Waals surface area contributed by atoms with Gasteiger partial charge in [0.2, 0.25) is 0 Å². The van der Waals surface area contributed by atoms with Crippen molar-refractivity contribution in [2.75, 3.05) is 11.9 Å². The van der Waals surface area contributed by atoms with Gasteiger partial charge < -0.3 is 10.2 Å². The van der Waals surface area contributed by atoms with Crippen molar-refractivity contribution in [3.05, 3.63) is 58.9 Å². The summed E-state index contributed by atoms with van der Waals surface area (Å²) >= 11 is 6.38. The van der Waals surface area contributed by atoms with E-state index in [-0.39, 0.29) is 5.82 Å². The maximum absolute atomic E-state index is 13.0. The molecule has 4 heteroatoms. The summed E-state index contributed by atoms with van der Waals surface area (Å²) in [4.78, 5) is 1.95. The summed E-state index contributed by atoms with van der Waals surface area (Å²) in [5.74, 6) is -0.242. The molecule has 2 rings (SSSR count). The van der Waals surface area contributed by atoms with E-state index in [0.717, 1.165) is 23.5 Å². The summed E-state index contributed by atoms with van der Waals surface area (Å²) in [6.45, 7) is 5.01. The van der Waals surface area contributed by atoms with Gasteiger partial charge in [0.1, 0.15) is 5.82 Å². The Morgan fingerprint density at radius 2 is 1.81 bits per heavy atom. The van der Waals surface area contributed by atoms with Crippen molar-refractivity contribution in [2.24, 2.45) is 0 Å². The fourth-order valence-electron chi connectivity index (χ4n) is 2.06. The zero-order valence-corrected chi connectivity index (χ0v) is 13.3. The van der Waals surface area contributed by atoms with E-state index in [1.807, 2.05) is 24.1 Å². The highest BCUT2D eigenvalue weighted by molar-refractivity contribution is 6.33. The summed E-state index contributed by atoms with van der Waals surface area (Å²) in [5.41, 5.74) is 2.94. The highest BCUT2D eigenvalue weighted by Crippen LogP contribution is 2.31. The minimum atomic E-state index is -0.242. The Labute approximate surface area is 130 Å². The lowest BCUT2D eigenvalue weighted by molar-refractivity contribution is 0.589. The van der Waals surface area contributed by atoms with Crippen LogP contribution in [0.3, 0.4) is 0 Å². The summed E-state index contributed by atoms with van der Waals surface area (Å²) in [6, 6.07) is 12.8. The first-order chi connectivity index (χ1) is 9.97. The number of nitrogens with one attached hydrogen (secondary N) is 1. The first-order valence-corrected chi connectivity index (χ1v) is 7.36. The molecule has 0 aliphatic rings. The summed E-state index contributed by atoms with van der Waals surface area (Å²) in [5, 5.41) is 4.05. The van der Waals surface area contributed by atoms with Crippen LogP contribution in [0.2, 0.25) is 5.02 Å². The van der Waals surface area contributed by atoms with Gasteiger partial charge in [-0.3, -0.25) is 0 Å². The molecular formula is C17H20ClFN2. The van der Waals surface area contributed by atoms with Gasteiger partial charge in [0.05, 0.1) is 10.7 Å². The lowest BCUT2D eigenvalue weighted by Crippen LogP contribution is -2.21. The molecule has 0 saturated carbocycles. The highest BCUT2D eigenvalue weighted by atomic mass is 35.5. The minimum absolute atomic E-state index is 0.242. The van der Waals surface area contributed by atoms with Crippen LogP contribution in [-0.4, -0.2) is 13.1 Å². The summed E-state index contributed by atoms with van der Waals surface area (Å²) < 4.78 is 13.0. The Morgan fingerprint density at radius 3 is 2.38 bits per heavy atom. The van der Waals surface area contributed by atoms with Gasteiger partial charge >= 0.3 is 0 Å². The first kappa shape index (κ1) is 15.8. The minimum Gasteiger partial charge on any atom is -0.343 e. The summed E-state index contributed by atoms with van der Waals surface area (Å²) in [7, 11) is 1.92. The van der Waals surface area contributed by atoms with E-state index in [1.165, 1.54) is 12.1 Å². The molecule has 2 aromatic carbocycles. The van der Waals surface area contributed by atoms with Crippen LogP contribution in [0.4, 0.5) is 15.8 Å². The zero-order chi connectivity index (χ0) is 15.4. The molecular weight excluding hydrogens is 287 g/mol. The molecule has 21 heavy (non-hydrogen) atoms. The van der Waals surface area contributed by atoms with E-state index in [1.54, 1.807) is 12.1 Å². The Kier molecular flexibility index (Phi) is 5.21. The fourth-order valence-corrected chi connectivity index (χ4v) is 2.39. The molecule has 1 N–H and O–H groups in total. The fraction of sp³-hybridized carbons (Fsp3) is 0.294. The van der Waals surface area contributed by atoms with Crippen LogP contribution in [0.15, 0.2) is 42.5 Å². The molecule has 0 atom stereocenters. The van der Waals surface area contributed by atoms with E-state index < -0.39 is 0 Å². The maximum Gasteiger partial charge on any atom is 0.123 e. The van der Waals surface area contributed by atoms with Gasteiger partial charge in [0.15, 0.2) is 0 Å². The van der Waals surface area contributed by atoms with Gasteiger partial charge in [-0.15, -0.1) is 0 Å². The second kappa shape index (κ2) is 6.92. The van der Waals surface area contributed by atoms with Crippen LogP contribution < -0.4 is 10.2 Å². The van der Waals surface area contributed by atoms with Crippen LogP contribution in [0.25, 0.3) is 0 Å². The molecule has 2 nitrogen and oxygen atoms in total. The largest absolute Gasteiger partial charge is 0.343 e. The molecule has 0 saturated heterocycles. The average Bonchev–Trinajstić information content (AvgIpc) is 2.45. The number of anilines is 2. The molecule has 0 aromatic heterocycles. The first-order valence-electron chi connectivity index (χ1n) is 6.98. The smallest absolute Gasteiger partial charge is 0.123 e. The van der Waals surface area contributed by atoms with Crippen molar-refractivity contribution in [3.8, 4) is 0 Å². The molecule has 2 aromatic rings. The molecule has 0 unspecified atom stereocenters. The third-order valence-electron chi connectivity index (χ3n) is 3.30. The Morgan fingerprint density at radius 1 is 1.14 bits per heavy atom. The van der Waals surface area contributed by atoms with Crippen molar-refractivity contribution in [1.82, 2.24) is 5.32 Å². The molecule has 0 spiro atoms. The SMILES string of the molecule is CC(C)NCc1ccc(N(C)c2ccc(F)cc2)c(Cl)c1. The average molecular weight is 307 g/mol. The van der Waals surface area contributed by atoms with Crippen LogP contribution in [-0.2, 0) is 6.54 Å². The molecule has 0 heterocycles. The lowest BCUT2D eigenvalue weighted by Gasteiger charge is -2.21. The number of rotatable bonds is 5. The van der Waals surface area contributed by atoms with E-state index >= 15 is 0 Å². The molecule has 0 amide bonds. The van der Waals surface area contributed by atoms with Gasteiger partial charge in [-0.1, -0.05) is 31.5 Å². The Balaban J connectivity index is 2.18. The Hall–Kier alpha value is -1.58. The lowest BCUT2D eigenvalue weighted by atomic mass is 10.1. The molecule has 0 bridgehead atoms. The molecule has 112 valence electrons. The van der Waals surface area contributed by atoms with Crippen molar-refractivity contribution < 1.29 is 4.39 Å². The van der Waals surface area contributed by atoms with Crippen LogP contribution in [0.5, 0.6) is 0 Å². The topological polar surface area (TPSA) is 15.3 Å². The Bertz CT molecular complexity index is 596. The van der Waals surface area contributed by atoms with Gasteiger partial charge in [-0.2, -0.15) is 0 Å². The standard InChI is InChI=1S/C17H20ClFN2/c1-12(2)20-11-13-4-9-17(16(18)10-13)21(3)15-7-5-14(19)6-8-15/h4-10,12,20H,11H2,1-3H3. The molecule has 0 aliphatic heterocycles. The molecule has 0 radical (unpaired) electrons. The van der Waals surface area contributed by atoms with Crippen molar-refractivity contribution in [2.45, 2.75) is 26.4 Å². The number of benzene rings is 2. The van der Waals surface area contributed by atoms with Crippen LogP contribution in [0.1, 0.15) is 19.4 Å². The van der Waals surface area contributed by atoms with Crippen molar-refractivity contribution >= 4 is 23.0 Å². The third-order valence-corrected chi connectivity index (χ3v) is 3.60. The van der Waals surface area contributed by atoms with Gasteiger partial charge in [0.25, 0.3) is 0 Å². The van der Waals surface area contributed by atoms with Crippen molar-refractivity contribution in [1.29, 1.82) is 0 Å². The second-order valence-corrected chi connectivity index (χ2v) is 5.76. The predicted molar refractivity (Wildman–Crippen MR) is 87.9 cm³/mol. The summed E-state index contributed by atoms with van der Waals surface area (Å²) in [6.07, 6.45) is 0. The number of nitrogens with zero attached hydrogens (tertiary/aromatic N) is 1. The van der Waals surface area contributed by atoms with E-state index in [9.17, 15) is 4.39 Å². The predicted octanol–water partition coefficient (Wildman–Crippen LogP) is 4.75. The van der Waals surface area contributed by atoms with Crippen LogP contribution in [0, 0.1) is 5.82 Å². The highest BCUT2D eigenvalue weighted by Gasteiger charge is 2.09. The quantitative estimate of drug-likeness (QED) is 0.858. The molecule has 0 aliphatic carbocycles.